The summed E-state index contributed by atoms with van der Waals surface area (Å²) in [6.07, 6.45) is 4.85. The molecule has 0 fully saturated rings. The van der Waals surface area contributed by atoms with Crippen LogP contribution in [0.5, 0.6) is 5.88 Å². The van der Waals surface area contributed by atoms with E-state index in [4.69, 9.17) is 4.74 Å². The quantitative estimate of drug-likeness (QED) is 0.696. The van der Waals surface area contributed by atoms with Gasteiger partial charge in [-0.3, -0.25) is 14.8 Å². The molecule has 1 amide bonds. The largest absolute Gasteiger partial charge is 0.475 e. The predicted molar refractivity (Wildman–Crippen MR) is 87.3 cm³/mol. The van der Waals surface area contributed by atoms with Crippen LogP contribution in [0.15, 0.2) is 61.1 Å². The number of nitrogens with zero attached hydrogens (tertiary/aromatic N) is 4. The summed E-state index contributed by atoms with van der Waals surface area (Å²) >= 11 is 0. The molecule has 24 heavy (non-hydrogen) atoms. The standard InChI is InChI=1S/C17H15N5O2/c23-17(13-6-9-18-10-7-13)20-11-12-24-16-5-4-15(21-22-16)14-3-1-2-8-19-14/h1-10H,11-12H2,(H,20,23). The van der Waals surface area contributed by atoms with E-state index in [0.29, 0.717) is 30.3 Å². The first-order valence-corrected chi connectivity index (χ1v) is 7.39. The molecule has 0 aliphatic carbocycles. The van der Waals surface area contributed by atoms with Crippen molar-refractivity contribution in [3.63, 3.8) is 0 Å². The minimum Gasteiger partial charge on any atom is -0.475 e. The van der Waals surface area contributed by atoms with Crippen molar-refractivity contribution in [2.45, 2.75) is 0 Å². The number of carbonyl (C=O) groups is 1. The van der Waals surface area contributed by atoms with Gasteiger partial charge < -0.3 is 10.1 Å². The summed E-state index contributed by atoms with van der Waals surface area (Å²) in [5, 5.41) is 10.8. The molecule has 0 aliphatic rings. The second-order valence-corrected chi connectivity index (χ2v) is 4.81. The van der Waals surface area contributed by atoms with Crippen LogP contribution in [-0.2, 0) is 0 Å². The monoisotopic (exact) mass is 321 g/mol. The second-order valence-electron chi connectivity index (χ2n) is 4.81. The maximum atomic E-state index is 11.8. The topological polar surface area (TPSA) is 89.9 Å². The van der Waals surface area contributed by atoms with E-state index in [1.165, 1.54) is 0 Å². The molecule has 0 spiro atoms. The zero-order valence-corrected chi connectivity index (χ0v) is 12.8. The lowest BCUT2D eigenvalue weighted by Crippen LogP contribution is -2.28. The fourth-order valence-electron chi connectivity index (χ4n) is 1.97. The van der Waals surface area contributed by atoms with Crippen molar-refractivity contribution in [1.82, 2.24) is 25.5 Å². The number of nitrogens with one attached hydrogen (secondary N) is 1. The van der Waals surface area contributed by atoms with Crippen molar-refractivity contribution in [3.05, 3.63) is 66.6 Å². The van der Waals surface area contributed by atoms with Crippen molar-refractivity contribution in [1.29, 1.82) is 0 Å². The number of rotatable bonds is 6. The lowest BCUT2D eigenvalue weighted by atomic mass is 10.2. The highest BCUT2D eigenvalue weighted by Gasteiger charge is 2.05. The van der Waals surface area contributed by atoms with Gasteiger partial charge >= 0.3 is 0 Å². The zero-order valence-electron chi connectivity index (χ0n) is 12.8. The fraction of sp³-hybridized carbons (Fsp3) is 0.118. The molecule has 7 nitrogen and oxygen atoms in total. The number of pyridine rings is 2. The van der Waals surface area contributed by atoms with Crippen LogP contribution in [0, 0.1) is 0 Å². The maximum Gasteiger partial charge on any atom is 0.251 e. The third-order valence-corrected chi connectivity index (χ3v) is 3.15. The summed E-state index contributed by atoms with van der Waals surface area (Å²) in [4.78, 5) is 19.9. The Morgan fingerprint density at radius 2 is 1.83 bits per heavy atom. The normalized spacial score (nSPS) is 10.2. The predicted octanol–water partition coefficient (Wildman–Crippen LogP) is 1.74. The van der Waals surface area contributed by atoms with E-state index >= 15 is 0 Å². The van der Waals surface area contributed by atoms with Gasteiger partial charge in [-0.05, 0) is 30.3 Å². The molecule has 0 unspecified atom stereocenters. The third-order valence-electron chi connectivity index (χ3n) is 3.15. The van der Waals surface area contributed by atoms with Crippen molar-refractivity contribution in [2.24, 2.45) is 0 Å². The Bertz CT molecular complexity index is 779. The molecule has 1 N–H and O–H groups in total. The SMILES string of the molecule is O=C(NCCOc1ccc(-c2ccccn2)nn1)c1ccncc1. The van der Waals surface area contributed by atoms with Crippen LogP contribution in [0.25, 0.3) is 11.4 Å². The molecular weight excluding hydrogens is 306 g/mol. The molecule has 7 heteroatoms. The van der Waals surface area contributed by atoms with Gasteiger partial charge in [-0.15, -0.1) is 10.2 Å². The van der Waals surface area contributed by atoms with Gasteiger partial charge in [0.1, 0.15) is 12.3 Å². The molecule has 0 bridgehead atoms. The van der Waals surface area contributed by atoms with Crippen LogP contribution in [0.2, 0.25) is 0 Å². The summed E-state index contributed by atoms with van der Waals surface area (Å²) in [7, 11) is 0. The van der Waals surface area contributed by atoms with Gasteiger partial charge in [-0.1, -0.05) is 6.07 Å². The summed E-state index contributed by atoms with van der Waals surface area (Å²) in [6.45, 7) is 0.666. The molecular formula is C17H15N5O2. The third kappa shape index (κ3) is 4.10. The highest BCUT2D eigenvalue weighted by molar-refractivity contribution is 5.93. The Morgan fingerprint density at radius 1 is 0.958 bits per heavy atom. The Balaban J connectivity index is 1.46. The van der Waals surface area contributed by atoms with Gasteiger partial charge in [0.2, 0.25) is 5.88 Å². The Labute approximate surface area is 138 Å². The van der Waals surface area contributed by atoms with E-state index in [2.05, 4.69) is 25.5 Å². The van der Waals surface area contributed by atoms with Crippen LogP contribution in [0.1, 0.15) is 10.4 Å². The van der Waals surface area contributed by atoms with Gasteiger partial charge in [-0.25, -0.2) is 0 Å². The summed E-state index contributed by atoms with van der Waals surface area (Å²) in [5.41, 5.74) is 1.99. The summed E-state index contributed by atoms with van der Waals surface area (Å²) < 4.78 is 5.46. The summed E-state index contributed by atoms with van der Waals surface area (Å²) in [6, 6.07) is 12.4. The van der Waals surface area contributed by atoms with E-state index < -0.39 is 0 Å². The molecule has 0 aromatic carbocycles. The number of carbonyl (C=O) groups excluding carboxylic acids is 1. The number of ether oxygens (including phenoxy) is 1. The van der Waals surface area contributed by atoms with Gasteiger partial charge in [-0.2, -0.15) is 0 Å². The van der Waals surface area contributed by atoms with Gasteiger partial charge in [0.15, 0.2) is 0 Å². The molecule has 120 valence electrons. The number of hydrogen-bond acceptors (Lipinski definition) is 6. The maximum absolute atomic E-state index is 11.8. The second kappa shape index (κ2) is 7.77. The average molecular weight is 321 g/mol. The first kappa shape index (κ1) is 15.5. The van der Waals surface area contributed by atoms with E-state index in [1.54, 1.807) is 42.9 Å². The first-order valence-electron chi connectivity index (χ1n) is 7.39. The smallest absolute Gasteiger partial charge is 0.251 e. The van der Waals surface area contributed by atoms with Crippen molar-refractivity contribution >= 4 is 5.91 Å². The molecule has 3 aromatic heterocycles. The highest BCUT2D eigenvalue weighted by atomic mass is 16.5. The van der Waals surface area contributed by atoms with E-state index in [0.717, 1.165) is 5.69 Å². The first-order chi connectivity index (χ1) is 11.8. The van der Waals surface area contributed by atoms with Crippen LogP contribution < -0.4 is 10.1 Å². The average Bonchev–Trinajstić information content (AvgIpc) is 2.67. The van der Waals surface area contributed by atoms with Crippen LogP contribution in [0.4, 0.5) is 0 Å². The molecule has 3 rings (SSSR count). The Hall–Kier alpha value is -3.35. The lowest BCUT2D eigenvalue weighted by molar-refractivity contribution is 0.0946. The van der Waals surface area contributed by atoms with Gasteiger partial charge in [0.25, 0.3) is 5.91 Å². The molecule has 0 atom stereocenters. The zero-order chi connectivity index (χ0) is 16.6. The molecule has 3 heterocycles. The molecule has 3 aromatic rings. The van der Waals surface area contributed by atoms with Crippen LogP contribution in [-0.4, -0.2) is 39.2 Å². The summed E-state index contributed by atoms with van der Waals surface area (Å²) in [5.74, 6) is 0.227. The minimum absolute atomic E-state index is 0.169. The van der Waals surface area contributed by atoms with E-state index in [1.807, 2.05) is 18.2 Å². The molecule has 0 saturated carbocycles. The minimum atomic E-state index is -0.169. The molecule has 0 radical (unpaired) electrons. The van der Waals surface area contributed by atoms with E-state index in [9.17, 15) is 4.79 Å². The molecule has 0 saturated heterocycles. The fourth-order valence-corrected chi connectivity index (χ4v) is 1.97. The Morgan fingerprint density at radius 3 is 2.54 bits per heavy atom. The Kier molecular flexibility index (Phi) is 5.03. The molecule has 0 aliphatic heterocycles. The van der Waals surface area contributed by atoms with Crippen LogP contribution >= 0.6 is 0 Å². The van der Waals surface area contributed by atoms with Crippen LogP contribution in [0.3, 0.4) is 0 Å². The highest BCUT2D eigenvalue weighted by Crippen LogP contribution is 2.14. The lowest BCUT2D eigenvalue weighted by Gasteiger charge is -2.07. The van der Waals surface area contributed by atoms with E-state index in [-0.39, 0.29) is 5.91 Å². The van der Waals surface area contributed by atoms with Gasteiger partial charge in [0, 0.05) is 30.2 Å². The number of amides is 1. The number of aromatic nitrogens is 4. The van der Waals surface area contributed by atoms with Crippen molar-refractivity contribution < 1.29 is 9.53 Å². The van der Waals surface area contributed by atoms with Crippen molar-refractivity contribution in [3.8, 4) is 17.3 Å². The number of hydrogen-bond donors (Lipinski definition) is 1. The van der Waals surface area contributed by atoms with Crippen molar-refractivity contribution in [2.75, 3.05) is 13.2 Å². The van der Waals surface area contributed by atoms with Gasteiger partial charge in [0.05, 0.1) is 12.2 Å².